The average molecular weight is 318 g/mol. The van der Waals surface area contributed by atoms with Gasteiger partial charge >= 0.3 is 0 Å². The Morgan fingerprint density at radius 1 is 1.48 bits per heavy atom. The summed E-state index contributed by atoms with van der Waals surface area (Å²) in [4.78, 5) is 0. The van der Waals surface area contributed by atoms with Crippen molar-refractivity contribution in [3.05, 3.63) is 41.3 Å². The molecule has 0 saturated carbocycles. The van der Waals surface area contributed by atoms with Gasteiger partial charge in [-0.25, -0.2) is 9.07 Å². The number of nitrogens with one attached hydrogen (secondary N) is 2. The summed E-state index contributed by atoms with van der Waals surface area (Å²) >= 11 is 0. The zero-order valence-electron chi connectivity index (χ0n) is 13.8. The van der Waals surface area contributed by atoms with Crippen molar-refractivity contribution < 1.29 is 9.13 Å². The van der Waals surface area contributed by atoms with Gasteiger partial charge in [0.2, 0.25) is 0 Å². The second-order valence-electron chi connectivity index (χ2n) is 6.12. The zero-order valence-corrected chi connectivity index (χ0v) is 13.8. The first-order valence-electron chi connectivity index (χ1n) is 7.92. The lowest BCUT2D eigenvalue weighted by molar-refractivity contribution is 0.366. The third-order valence-corrected chi connectivity index (χ3v) is 4.28. The predicted molar refractivity (Wildman–Crippen MR) is 88.3 cm³/mol. The van der Waals surface area contributed by atoms with Gasteiger partial charge in [-0.1, -0.05) is 0 Å². The zero-order chi connectivity index (χ0) is 16.4. The smallest absolute Gasteiger partial charge is 0.124 e. The molecule has 6 heteroatoms. The fourth-order valence-electron chi connectivity index (χ4n) is 3.02. The Balaban J connectivity index is 1.61. The molecule has 2 aromatic rings. The second kappa shape index (κ2) is 6.58. The molecular weight excluding hydrogens is 295 g/mol. The Labute approximate surface area is 135 Å². The van der Waals surface area contributed by atoms with E-state index in [0.29, 0.717) is 11.7 Å². The van der Waals surface area contributed by atoms with Crippen LogP contribution >= 0.6 is 0 Å². The van der Waals surface area contributed by atoms with Crippen molar-refractivity contribution in [3.63, 3.8) is 0 Å². The molecule has 0 amide bonds. The number of nitrogens with zero attached hydrogens (tertiary/aromatic N) is 2. The first kappa shape index (κ1) is 15.8. The lowest BCUT2D eigenvalue weighted by atomic mass is 10.0. The molecule has 1 aliphatic rings. The van der Waals surface area contributed by atoms with Crippen LogP contribution in [-0.2, 0) is 6.54 Å². The normalized spacial score (nSPS) is 18.2. The van der Waals surface area contributed by atoms with Crippen LogP contribution in [0.4, 0.5) is 10.2 Å². The number of hydrogen-bond donors (Lipinski definition) is 2. The van der Waals surface area contributed by atoms with E-state index in [9.17, 15) is 4.39 Å². The van der Waals surface area contributed by atoms with Gasteiger partial charge in [0, 0.05) is 43.2 Å². The number of benzene rings is 1. The second-order valence-corrected chi connectivity index (χ2v) is 6.12. The lowest BCUT2D eigenvalue weighted by Crippen LogP contribution is -2.36. The summed E-state index contributed by atoms with van der Waals surface area (Å²) in [5.41, 5.74) is 1.87. The Morgan fingerprint density at radius 2 is 2.30 bits per heavy atom. The van der Waals surface area contributed by atoms with Crippen LogP contribution in [0.3, 0.4) is 0 Å². The maximum atomic E-state index is 13.5. The van der Waals surface area contributed by atoms with Crippen LogP contribution in [0.2, 0.25) is 0 Å². The van der Waals surface area contributed by atoms with Gasteiger partial charge in [0.15, 0.2) is 0 Å². The molecule has 0 aliphatic carbocycles. The highest BCUT2D eigenvalue weighted by Crippen LogP contribution is 2.26. The van der Waals surface area contributed by atoms with E-state index < -0.39 is 0 Å². The molecule has 0 unspecified atom stereocenters. The van der Waals surface area contributed by atoms with Crippen LogP contribution in [0.1, 0.15) is 24.2 Å². The fourth-order valence-corrected chi connectivity index (χ4v) is 3.02. The number of methoxy groups -OCH3 is 1. The molecule has 3 rings (SSSR count). The fraction of sp³-hybridized carbons (Fsp3) is 0.471. The van der Waals surface area contributed by atoms with Crippen LogP contribution in [0.15, 0.2) is 24.3 Å². The molecule has 0 bridgehead atoms. The number of fused-ring (bicyclic) bond motifs is 1. The number of aryl methyl sites for hydroxylation is 1. The minimum absolute atomic E-state index is 0.0152. The van der Waals surface area contributed by atoms with E-state index in [0.717, 1.165) is 36.7 Å². The highest BCUT2D eigenvalue weighted by Gasteiger charge is 2.20. The van der Waals surface area contributed by atoms with Crippen molar-refractivity contribution in [2.45, 2.75) is 26.4 Å². The first-order valence-corrected chi connectivity index (χ1v) is 7.92. The predicted octanol–water partition coefficient (Wildman–Crippen LogP) is 2.73. The van der Waals surface area contributed by atoms with Crippen molar-refractivity contribution in [3.8, 4) is 5.75 Å². The first-order chi connectivity index (χ1) is 11.1. The molecule has 0 fully saturated rings. The van der Waals surface area contributed by atoms with E-state index in [-0.39, 0.29) is 11.9 Å². The monoisotopic (exact) mass is 318 g/mol. The Morgan fingerprint density at radius 3 is 3.09 bits per heavy atom. The van der Waals surface area contributed by atoms with Crippen molar-refractivity contribution in [1.82, 2.24) is 15.1 Å². The summed E-state index contributed by atoms with van der Waals surface area (Å²) < 4.78 is 20.8. The van der Waals surface area contributed by atoms with E-state index in [4.69, 9.17) is 4.74 Å². The number of rotatable bonds is 5. The highest BCUT2D eigenvalue weighted by molar-refractivity contribution is 5.38. The summed E-state index contributed by atoms with van der Waals surface area (Å²) in [7, 11) is 1.61. The van der Waals surface area contributed by atoms with E-state index in [2.05, 4.69) is 21.8 Å². The summed E-state index contributed by atoms with van der Waals surface area (Å²) in [5.74, 6) is 1.98. The molecule has 23 heavy (non-hydrogen) atoms. The van der Waals surface area contributed by atoms with Gasteiger partial charge in [0.25, 0.3) is 0 Å². The van der Waals surface area contributed by atoms with Gasteiger partial charge in [0.1, 0.15) is 17.4 Å². The van der Waals surface area contributed by atoms with Gasteiger partial charge in [0.05, 0.1) is 12.8 Å². The number of anilines is 1. The molecule has 1 aromatic heterocycles. The molecule has 1 aliphatic heterocycles. The van der Waals surface area contributed by atoms with Gasteiger partial charge in [-0.3, -0.25) is 0 Å². The van der Waals surface area contributed by atoms with E-state index in [1.54, 1.807) is 13.2 Å². The summed E-state index contributed by atoms with van der Waals surface area (Å²) in [6.45, 7) is 6.64. The SMILES string of the molecule is COc1ccc(F)cc1[C@H](C)NC[C@H]1CNc2cc(C)nn2C1. The van der Waals surface area contributed by atoms with E-state index >= 15 is 0 Å². The number of halogens is 1. The molecule has 0 radical (unpaired) electrons. The molecule has 2 atom stereocenters. The van der Waals surface area contributed by atoms with Crippen LogP contribution in [-0.4, -0.2) is 30.0 Å². The molecule has 124 valence electrons. The van der Waals surface area contributed by atoms with Crippen molar-refractivity contribution in [2.75, 3.05) is 25.5 Å². The molecule has 2 heterocycles. The van der Waals surface area contributed by atoms with Gasteiger partial charge in [-0.15, -0.1) is 0 Å². The Kier molecular flexibility index (Phi) is 4.52. The van der Waals surface area contributed by atoms with Crippen LogP contribution in [0, 0.1) is 18.7 Å². The minimum atomic E-state index is -0.245. The van der Waals surface area contributed by atoms with Crippen LogP contribution in [0.25, 0.3) is 0 Å². The van der Waals surface area contributed by atoms with Crippen LogP contribution < -0.4 is 15.4 Å². The van der Waals surface area contributed by atoms with Gasteiger partial charge < -0.3 is 15.4 Å². The third kappa shape index (κ3) is 3.47. The highest BCUT2D eigenvalue weighted by atomic mass is 19.1. The quantitative estimate of drug-likeness (QED) is 0.890. The maximum Gasteiger partial charge on any atom is 0.124 e. The molecule has 1 aromatic carbocycles. The third-order valence-electron chi connectivity index (χ3n) is 4.28. The summed E-state index contributed by atoms with van der Waals surface area (Å²) in [5, 5.41) is 11.4. The number of hydrogen-bond acceptors (Lipinski definition) is 4. The Hall–Kier alpha value is -2.08. The summed E-state index contributed by atoms with van der Waals surface area (Å²) in [6.07, 6.45) is 0. The molecule has 5 nitrogen and oxygen atoms in total. The molecular formula is C17H23FN4O. The molecule has 0 spiro atoms. The average Bonchev–Trinajstić information content (AvgIpc) is 2.91. The lowest BCUT2D eigenvalue weighted by Gasteiger charge is -2.27. The van der Waals surface area contributed by atoms with Crippen molar-refractivity contribution in [2.24, 2.45) is 5.92 Å². The van der Waals surface area contributed by atoms with Crippen molar-refractivity contribution >= 4 is 5.82 Å². The largest absolute Gasteiger partial charge is 0.496 e. The topological polar surface area (TPSA) is 51.1 Å². The minimum Gasteiger partial charge on any atom is -0.496 e. The summed E-state index contributed by atoms with van der Waals surface area (Å²) in [6, 6.07) is 6.70. The Bertz CT molecular complexity index is 685. The standard InChI is InChI=1S/C17H23FN4O/c1-11-6-17-20-9-13(10-22(17)21-11)8-19-12(2)15-7-14(18)4-5-16(15)23-3/h4-7,12-13,19-20H,8-10H2,1-3H3/t12-,13-/m0/s1. The number of ether oxygens (including phenoxy) is 1. The van der Waals surface area contributed by atoms with Crippen LogP contribution in [0.5, 0.6) is 5.75 Å². The van der Waals surface area contributed by atoms with E-state index in [1.807, 2.05) is 18.5 Å². The van der Waals surface area contributed by atoms with E-state index in [1.165, 1.54) is 12.1 Å². The van der Waals surface area contributed by atoms with Gasteiger partial charge in [-0.05, 0) is 32.0 Å². The maximum absolute atomic E-state index is 13.5. The molecule has 2 N–H and O–H groups in total. The number of aromatic nitrogens is 2. The molecule has 0 saturated heterocycles. The van der Waals surface area contributed by atoms with Gasteiger partial charge in [-0.2, -0.15) is 5.10 Å². The van der Waals surface area contributed by atoms with Crippen molar-refractivity contribution in [1.29, 1.82) is 0 Å².